The van der Waals surface area contributed by atoms with E-state index in [1.165, 1.54) is 6.20 Å². The molecule has 0 radical (unpaired) electrons. The van der Waals surface area contributed by atoms with Gasteiger partial charge in [-0.15, -0.1) is 5.10 Å². The van der Waals surface area contributed by atoms with Crippen LogP contribution in [0.2, 0.25) is 0 Å². The van der Waals surface area contributed by atoms with Crippen LogP contribution >= 0.6 is 0 Å². The Kier molecular flexibility index (Phi) is 3.94. The fraction of sp³-hybridized carbons (Fsp3) is 0.632. The Morgan fingerprint density at radius 1 is 1.24 bits per heavy atom. The third-order valence-electron chi connectivity index (χ3n) is 6.77. The summed E-state index contributed by atoms with van der Waals surface area (Å²) in [6, 6.07) is 1.66. The zero-order valence-corrected chi connectivity index (χ0v) is 16.6. The highest BCUT2D eigenvalue weighted by molar-refractivity contribution is 5.96. The number of nitrogens with zero attached hydrogens (tertiary/aromatic N) is 4. The van der Waals surface area contributed by atoms with Crippen molar-refractivity contribution in [2.45, 2.75) is 36.9 Å². The van der Waals surface area contributed by atoms with Gasteiger partial charge in [-0.2, -0.15) is 10.3 Å². The number of H-pyrrole nitrogens is 1. The molecule has 4 aliphatic rings. The molecule has 2 aromatic rings. The van der Waals surface area contributed by atoms with Crippen molar-refractivity contribution in [2.24, 2.45) is 5.41 Å². The van der Waals surface area contributed by atoms with E-state index >= 15 is 0 Å². The molecule has 29 heavy (non-hydrogen) atoms. The van der Waals surface area contributed by atoms with Crippen LogP contribution in [0.15, 0.2) is 12.3 Å². The highest BCUT2D eigenvalue weighted by Crippen LogP contribution is 2.69. The van der Waals surface area contributed by atoms with E-state index < -0.39 is 16.6 Å². The van der Waals surface area contributed by atoms with Gasteiger partial charge in [-0.25, -0.2) is 4.98 Å². The van der Waals surface area contributed by atoms with Crippen LogP contribution in [0.5, 0.6) is 0 Å². The van der Waals surface area contributed by atoms with E-state index in [0.717, 1.165) is 25.9 Å². The number of pyridine rings is 1. The lowest BCUT2D eigenvalue weighted by molar-refractivity contribution is -0.149. The van der Waals surface area contributed by atoms with E-state index in [9.17, 15) is 9.59 Å². The second-order valence-corrected chi connectivity index (χ2v) is 8.74. The molecule has 0 unspecified atom stereocenters. The van der Waals surface area contributed by atoms with E-state index in [-0.39, 0.29) is 11.8 Å². The average Bonchev–Trinajstić information content (AvgIpc) is 3.33. The van der Waals surface area contributed by atoms with Crippen LogP contribution in [0.4, 0.5) is 0 Å². The minimum atomic E-state index is -0.482. The lowest BCUT2D eigenvalue weighted by atomic mass is 9.53. The predicted octanol–water partition coefficient (Wildman–Crippen LogP) is -0.158. The van der Waals surface area contributed by atoms with Crippen molar-refractivity contribution < 1.29 is 14.3 Å². The minimum absolute atomic E-state index is 0.138. The van der Waals surface area contributed by atoms with E-state index in [2.05, 4.69) is 31.0 Å². The molecule has 0 aromatic carbocycles. The molecule has 2 aromatic heterocycles. The number of hydrogen-bond acceptors (Lipinski definition) is 7. The van der Waals surface area contributed by atoms with Crippen molar-refractivity contribution in [1.29, 1.82) is 0 Å². The van der Waals surface area contributed by atoms with E-state index in [1.54, 1.807) is 25.1 Å². The molecule has 4 fully saturated rings. The summed E-state index contributed by atoms with van der Waals surface area (Å²) < 4.78 is 6.63. The van der Waals surface area contributed by atoms with Gasteiger partial charge in [0.2, 0.25) is 11.6 Å². The average molecular weight is 399 g/mol. The molecule has 6 rings (SSSR count). The van der Waals surface area contributed by atoms with Gasteiger partial charge in [-0.1, -0.05) is 0 Å². The molecule has 2 bridgehead atoms. The highest BCUT2D eigenvalue weighted by atomic mass is 16.5. The highest BCUT2D eigenvalue weighted by Gasteiger charge is 2.77. The molecule has 0 atom stereocenters. The Balaban J connectivity index is 1.33. The number of nitrogens with one attached hydrogen (secondary N) is 3. The Labute approximate surface area is 167 Å². The first-order valence-corrected chi connectivity index (χ1v) is 9.96. The molecule has 2 amide bonds. The van der Waals surface area contributed by atoms with Gasteiger partial charge < -0.3 is 20.3 Å². The number of aromatic nitrogens is 4. The third kappa shape index (κ3) is 2.58. The maximum absolute atomic E-state index is 13.1. The minimum Gasteiger partial charge on any atom is -0.365 e. The number of carbonyl (C=O) groups excluding carboxylic acids is 2. The molecule has 3 N–H and O–H groups in total. The molecule has 1 spiro atoms. The number of carbonyl (C=O) groups is 2. The topological polar surface area (TPSA) is 125 Å². The molecule has 10 nitrogen and oxygen atoms in total. The lowest BCUT2D eigenvalue weighted by Crippen LogP contribution is -2.61. The van der Waals surface area contributed by atoms with Gasteiger partial charge in [0.15, 0.2) is 0 Å². The van der Waals surface area contributed by atoms with E-state index in [0.29, 0.717) is 36.1 Å². The Hall–Kier alpha value is -2.59. The van der Waals surface area contributed by atoms with Crippen LogP contribution in [0.25, 0.3) is 11.2 Å². The van der Waals surface area contributed by atoms with Crippen LogP contribution in [0, 0.1) is 5.41 Å². The Morgan fingerprint density at radius 2 is 2.00 bits per heavy atom. The second kappa shape index (κ2) is 6.20. The summed E-state index contributed by atoms with van der Waals surface area (Å²) in [4.78, 5) is 31.6. The summed E-state index contributed by atoms with van der Waals surface area (Å²) in [6.45, 7) is 2.06. The normalized spacial score (nSPS) is 29.6. The maximum atomic E-state index is 13.1. The standard InChI is InChI=1S/C19H25N7O3/c1-26(2)16(28)18-9-17(10-18,29-19(18)3-5-20-6-4-19)11-22-15(27)12-7-13-14(21-8-12)24-25-23-13/h7-8,20H,3-6,9-11H2,1-2H3,(H,22,27)(H,21,23,24,25). The predicted molar refractivity (Wildman–Crippen MR) is 103 cm³/mol. The molecule has 1 aliphatic carbocycles. The van der Waals surface area contributed by atoms with Gasteiger partial charge in [0.25, 0.3) is 5.91 Å². The smallest absolute Gasteiger partial charge is 0.253 e. The van der Waals surface area contributed by atoms with Crippen LogP contribution in [-0.4, -0.2) is 82.0 Å². The van der Waals surface area contributed by atoms with Crippen LogP contribution < -0.4 is 10.6 Å². The molecule has 5 heterocycles. The van der Waals surface area contributed by atoms with Crippen molar-refractivity contribution >= 4 is 23.0 Å². The number of piperidine rings is 1. The van der Waals surface area contributed by atoms with Crippen molar-refractivity contribution in [1.82, 2.24) is 35.9 Å². The van der Waals surface area contributed by atoms with Crippen molar-refractivity contribution in [3.8, 4) is 0 Å². The molecule has 3 saturated heterocycles. The SMILES string of the molecule is CN(C)C(=O)C12CC(CNC(=O)c3cnc4n[nH]nc4c3)(C1)OC21CCNCC1. The fourth-order valence-electron chi connectivity index (χ4n) is 5.51. The summed E-state index contributed by atoms with van der Waals surface area (Å²) in [5.74, 6) is -0.0948. The molecular weight excluding hydrogens is 374 g/mol. The Bertz CT molecular complexity index is 973. The first-order chi connectivity index (χ1) is 13.9. The Morgan fingerprint density at radius 3 is 2.72 bits per heavy atom. The number of rotatable bonds is 4. The molecule has 3 aliphatic heterocycles. The fourth-order valence-corrected chi connectivity index (χ4v) is 5.51. The maximum Gasteiger partial charge on any atom is 0.253 e. The van der Waals surface area contributed by atoms with Crippen LogP contribution in [0.1, 0.15) is 36.0 Å². The van der Waals surface area contributed by atoms with Gasteiger partial charge in [0, 0.05) is 26.8 Å². The van der Waals surface area contributed by atoms with Crippen molar-refractivity contribution in [3.05, 3.63) is 17.8 Å². The summed E-state index contributed by atoms with van der Waals surface area (Å²) in [5.41, 5.74) is 0.0337. The lowest BCUT2D eigenvalue weighted by Gasteiger charge is -2.49. The molecule has 1 saturated carbocycles. The van der Waals surface area contributed by atoms with Gasteiger partial charge >= 0.3 is 0 Å². The van der Waals surface area contributed by atoms with Crippen molar-refractivity contribution in [3.63, 3.8) is 0 Å². The van der Waals surface area contributed by atoms with E-state index in [1.807, 2.05) is 0 Å². The molecule has 10 heteroatoms. The van der Waals surface area contributed by atoms with Crippen LogP contribution in [-0.2, 0) is 9.53 Å². The number of amides is 2. The second-order valence-electron chi connectivity index (χ2n) is 8.74. The summed E-state index contributed by atoms with van der Waals surface area (Å²) in [7, 11) is 3.61. The molecule has 154 valence electrons. The van der Waals surface area contributed by atoms with Gasteiger partial charge in [-0.05, 0) is 44.8 Å². The summed E-state index contributed by atoms with van der Waals surface area (Å²) in [6.07, 6.45) is 4.42. The quantitative estimate of drug-likeness (QED) is 0.652. The first-order valence-electron chi connectivity index (χ1n) is 9.96. The van der Waals surface area contributed by atoms with Gasteiger partial charge in [0.1, 0.15) is 5.52 Å². The van der Waals surface area contributed by atoms with Crippen molar-refractivity contribution in [2.75, 3.05) is 33.7 Å². The third-order valence-corrected chi connectivity index (χ3v) is 6.77. The van der Waals surface area contributed by atoms with E-state index in [4.69, 9.17) is 4.74 Å². The summed E-state index contributed by atoms with van der Waals surface area (Å²) in [5, 5.41) is 16.7. The number of fused-ring (bicyclic) bond motifs is 1. The first kappa shape index (κ1) is 18.4. The summed E-state index contributed by atoms with van der Waals surface area (Å²) >= 11 is 0. The van der Waals surface area contributed by atoms with Crippen LogP contribution in [0.3, 0.4) is 0 Å². The van der Waals surface area contributed by atoms with Gasteiger partial charge in [0.05, 0.1) is 22.2 Å². The monoisotopic (exact) mass is 399 g/mol. The zero-order valence-electron chi connectivity index (χ0n) is 16.6. The number of ether oxygens (including phenoxy) is 1. The largest absolute Gasteiger partial charge is 0.365 e. The van der Waals surface area contributed by atoms with Gasteiger partial charge in [-0.3, -0.25) is 9.59 Å². The number of hydrogen-bond donors (Lipinski definition) is 3. The zero-order chi connectivity index (χ0) is 20.3. The number of aromatic amines is 1. The molecular formula is C19H25N7O3.